The van der Waals surface area contributed by atoms with E-state index in [1.807, 2.05) is 72.8 Å². The summed E-state index contributed by atoms with van der Waals surface area (Å²) in [6, 6.07) is 28.3. The molecular weight excluding hydrogens is 275 g/mol. The molecule has 1 atom stereocenters. The molecule has 0 bridgehead atoms. The number of rotatable bonds is 4. The third-order valence-corrected chi connectivity index (χ3v) is 4.96. The first-order valence-electron chi connectivity index (χ1n) is 6.97. The summed E-state index contributed by atoms with van der Waals surface area (Å²) in [5.41, 5.74) is 3.45. The molecule has 0 amide bonds. The largest absolute Gasteiger partial charge is 0.381 e. The Kier molecular flexibility index (Phi) is 4.23. The molecule has 3 aromatic rings. The Hall–Kier alpha value is -2.24. The van der Waals surface area contributed by atoms with Crippen molar-refractivity contribution in [3.05, 3.63) is 90.5 Å². The summed E-state index contributed by atoms with van der Waals surface area (Å²) in [7, 11) is -1.38. The van der Waals surface area contributed by atoms with E-state index >= 15 is 0 Å². The van der Waals surface area contributed by atoms with Gasteiger partial charge in [-0.15, -0.1) is 0 Å². The molecule has 0 heterocycles. The second-order valence-corrected chi connectivity index (χ2v) is 6.52. The lowest BCUT2D eigenvalue weighted by atomic mass is 10.1. The normalized spacial score (nSPS) is 11.1. The Morgan fingerprint density at radius 3 is 1.76 bits per heavy atom. The van der Waals surface area contributed by atoms with E-state index in [2.05, 4.69) is 12.1 Å². The van der Waals surface area contributed by atoms with Gasteiger partial charge < -0.3 is 0 Å². The van der Waals surface area contributed by atoms with E-state index in [4.69, 9.17) is 0 Å². The predicted octanol–water partition coefficient (Wildman–Crippen LogP) is 5.01. The Morgan fingerprint density at radius 2 is 1.14 bits per heavy atom. The molecule has 1 nitrogen and oxygen atoms in total. The molecule has 0 N–H and O–H groups in total. The smallest absolute Gasteiger partial charge is 0.0677 e. The van der Waals surface area contributed by atoms with Crippen LogP contribution in [0.1, 0.15) is 5.56 Å². The van der Waals surface area contributed by atoms with Crippen LogP contribution in [0.15, 0.2) is 84.9 Å². The Morgan fingerprint density at radius 1 is 0.619 bits per heavy atom. The zero-order valence-electron chi connectivity index (χ0n) is 11.6. The van der Waals surface area contributed by atoms with E-state index < -0.39 is 7.80 Å². The van der Waals surface area contributed by atoms with Crippen LogP contribution in [0.5, 0.6) is 0 Å². The summed E-state index contributed by atoms with van der Waals surface area (Å²) in [6.45, 7) is 0. The van der Waals surface area contributed by atoms with Crippen LogP contribution in [0.4, 0.5) is 0 Å². The van der Waals surface area contributed by atoms with Crippen molar-refractivity contribution in [2.24, 2.45) is 0 Å². The molecule has 0 aliphatic heterocycles. The summed E-state index contributed by atoms with van der Waals surface area (Å²) in [5.74, 6) is 0. The van der Waals surface area contributed by atoms with Gasteiger partial charge >= 0.3 is 7.80 Å². The van der Waals surface area contributed by atoms with Gasteiger partial charge in [-0.2, -0.15) is 0 Å². The zero-order chi connectivity index (χ0) is 14.5. The minimum Gasteiger partial charge on any atom is -0.0677 e. The SMILES string of the molecule is O=[P+](Cc1ccccc1)c1ccc(-c2ccccc2)cc1. The number of hydrogen-bond acceptors (Lipinski definition) is 1. The van der Waals surface area contributed by atoms with Crippen LogP contribution in [0, 0.1) is 0 Å². The van der Waals surface area contributed by atoms with Crippen molar-refractivity contribution in [2.75, 3.05) is 0 Å². The minimum atomic E-state index is -1.38. The van der Waals surface area contributed by atoms with Crippen LogP contribution in [-0.2, 0) is 10.7 Å². The fraction of sp³-hybridized carbons (Fsp3) is 0.0526. The van der Waals surface area contributed by atoms with Crippen molar-refractivity contribution in [1.29, 1.82) is 0 Å². The predicted molar refractivity (Wildman–Crippen MR) is 89.3 cm³/mol. The minimum absolute atomic E-state index is 0.598. The Balaban J connectivity index is 1.77. The lowest BCUT2D eigenvalue weighted by Crippen LogP contribution is -1.97. The third kappa shape index (κ3) is 3.45. The van der Waals surface area contributed by atoms with Crippen molar-refractivity contribution < 1.29 is 4.57 Å². The van der Waals surface area contributed by atoms with Gasteiger partial charge in [0.1, 0.15) is 0 Å². The quantitative estimate of drug-likeness (QED) is 0.618. The lowest BCUT2D eigenvalue weighted by molar-refractivity contribution is 0.592. The highest BCUT2D eigenvalue weighted by atomic mass is 31.1. The molecule has 3 aromatic carbocycles. The molecule has 21 heavy (non-hydrogen) atoms. The van der Waals surface area contributed by atoms with Crippen molar-refractivity contribution in [2.45, 2.75) is 6.16 Å². The van der Waals surface area contributed by atoms with E-state index in [0.29, 0.717) is 6.16 Å². The van der Waals surface area contributed by atoms with Crippen molar-refractivity contribution in [1.82, 2.24) is 0 Å². The summed E-state index contributed by atoms with van der Waals surface area (Å²) < 4.78 is 12.4. The molecule has 0 radical (unpaired) electrons. The van der Waals surface area contributed by atoms with Crippen LogP contribution in [0.2, 0.25) is 0 Å². The molecule has 2 heteroatoms. The van der Waals surface area contributed by atoms with Crippen LogP contribution >= 0.6 is 7.80 Å². The number of hydrogen-bond donors (Lipinski definition) is 0. The number of benzene rings is 3. The highest BCUT2D eigenvalue weighted by Crippen LogP contribution is 2.27. The van der Waals surface area contributed by atoms with Gasteiger partial charge in [-0.1, -0.05) is 65.2 Å². The summed E-state index contributed by atoms with van der Waals surface area (Å²) in [4.78, 5) is 0. The maximum atomic E-state index is 12.4. The fourth-order valence-corrected chi connectivity index (χ4v) is 3.50. The van der Waals surface area contributed by atoms with Gasteiger partial charge in [0.2, 0.25) is 0 Å². The average Bonchev–Trinajstić information content (AvgIpc) is 2.57. The second kappa shape index (κ2) is 6.47. The molecule has 0 saturated heterocycles. The van der Waals surface area contributed by atoms with Gasteiger partial charge in [-0.25, -0.2) is 0 Å². The van der Waals surface area contributed by atoms with Gasteiger partial charge in [0.15, 0.2) is 11.5 Å². The summed E-state index contributed by atoms with van der Waals surface area (Å²) in [6.07, 6.45) is 0.598. The summed E-state index contributed by atoms with van der Waals surface area (Å²) in [5, 5.41) is 0.911. The third-order valence-electron chi connectivity index (χ3n) is 3.43. The van der Waals surface area contributed by atoms with Gasteiger partial charge in [0.25, 0.3) is 0 Å². The average molecular weight is 291 g/mol. The van der Waals surface area contributed by atoms with E-state index in [9.17, 15) is 4.57 Å². The maximum Gasteiger partial charge on any atom is 0.381 e. The highest BCUT2D eigenvalue weighted by molar-refractivity contribution is 7.52. The van der Waals surface area contributed by atoms with Crippen molar-refractivity contribution in [3.8, 4) is 11.1 Å². The monoisotopic (exact) mass is 291 g/mol. The van der Waals surface area contributed by atoms with Gasteiger partial charge in [-0.05, 0) is 35.4 Å². The van der Waals surface area contributed by atoms with Gasteiger partial charge in [-0.3, -0.25) is 0 Å². The zero-order valence-corrected chi connectivity index (χ0v) is 12.5. The van der Waals surface area contributed by atoms with Gasteiger partial charge in [0.05, 0.1) is 0 Å². The second-order valence-electron chi connectivity index (χ2n) is 4.94. The first-order chi connectivity index (χ1) is 10.3. The maximum absolute atomic E-state index is 12.4. The molecule has 3 rings (SSSR count). The molecule has 0 aliphatic rings. The van der Waals surface area contributed by atoms with Crippen molar-refractivity contribution >= 4 is 13.1 Å². The van der Waals surface area contributed by atoms with E-state index in [1.54, 1.807) is 0 Å². The standard InChI is InChI=1S/C19H16OP/c20-21(15-16-7-3-1-4-8-16)19-13-11-18(12-14-19)17-9-5-2-6-10-17/h1-14H,15H2/q+1. The highest BCUT2D eigenvalue weighted by Gasteiger charge is 2.19. The molecule has 0 aliphatic carbocycles. The molecule has 0 spiro atoms. The van der Waals surface area contributed by atoms with Crippen molar-refractivity contribution in [3.63, 3.8) is 0 Å². The molecular formula is C19H16OP+. The Bertz CT molecular complexity index is 719. The molecule has 102 valence electrons. The molecule has 0 fully saturated rings. The van der Waals surface area contributed by atoms with Crippen LogP contribution < -0.4 is 5.30 Å². The van der Waals surface area contributed by atoms with E-state index in [0.717, 1.165) is 16.4 Å². The van der Waals surface area contributed by atoms with Crippen LogP contribution in [0.25, 0.3) is 11.1 Å². The molecule has 0 saturated carbocycles. The topological polar surface area (TPSA) is 17.1 Å². The fourth-order valence-electron chi connectivity index (χ4n) is 2.29. The lowest BCUT2D eigenvalue weighted by Gasteiger charge is -2.00. The van der Waals surface area contributed by atoms with E-state index in [1.165, 1.54) is 5.56 Å². The molecule has 1 unspecified atom stereocenters. The van der Waals surface area contributed by atoms with E-state index in [-0.39, 0.29) is 0 Å². The van der Waals surface area contributed by atoms with Gasteiger partial charge in [0, 0.05) is 5.56 Å². The Labute approximate surface area is 126 Å². The van der Waals surface area contributed by atoms with Crippen LogP contribution in [-0.4, -0.2) is 0 Å². The van der Waals surface area contributed by atoms with Crippen LogP contribution in [0.3, 0.4) is 0 Å². The first-order valence-corrected chi connectivity index (χ1v) is 8.41. The summed E-state index contributed by atoms with van der Waals surface area (Å²) >= 11 is 0. The first kappa shape index (κ1) is 13.7. The molecule has 0 aromatic heterocycles.